The Balaban J connectivity index is 1.22. The van der Waals surface area contributed by atoms with Crippen LogP contribution in [-0.2, 0) is 33.0 Å². The Morgan fingerprint density at radius 2 is 1.88 bits per heavy atom. The van der Waals surface area contributed by atoms with Gasteiger partial charge in [0.1, 0.15) is 17.8 Å². The van der Waals surface area contributed by atoms with Crippen LogP contribution >= 0.6 is 0 Å². The number of esters is 1. The first-order valence-corrected chi connectivity index (χ1v) is 11.3. The number of fused-ring (bicyclic) bond motifs is 2. The largest absolute Gasteiger partial charge is 0.426 e. The maximum atomic E-state index is 13.3. The van der Waals surface area contributed by atoms with Crippen molar-refractivity contribution in [2.75, 3.05) is 26.2 Å². The van der Waals surface area contributed by atoms with E-state index in [1.54, 1.807) is 0 Å². The van der Waals surface area contributed by atoms with Crippen molar-refractivity contribution in [3.63, 3.8) is 0 Å². The summed E-state index contributed by atoms with van der Waals surface area (Å²) < 4.78 is 5.54. The summed E-state index contributed by atoms with van der Waals surface area (Å²) in [5, 5.41) is 0. The van der Waals surface area contributed by atoms with Gasteiger partial charge in [0.15, 0.2) is 5.75 Å². The van der Waals surface area contributed by atoms with Gasteiger partial charge < -0.3 is 14.5 Å². The molecule has 0 aromatic heterocycles. The molecule has 7 heteroatoms. The Labute approximate surface area is 187 Å². The van der Waals surface area contributed by atoms with Crippen LogP contribution < -0.4 is 9.62 Å². The molecule has 0 bridgehead atoms. The Hall–Kier alpha value is -2.90. The molecule has 1 atom stereocenters. The van der Waals surface area contributed by atoms with Gasteiger partial charge in [-0.05, 0) is 24.1 Å². The zero-order valence-corrected chi connectivity index (χ0v) is 18.3. The van der Waals surface area contributed by atoms with Crippen molar-refractivity contribution in [3.05, 3.63) is 59.2 Å². The van der Waals surface area contributed by atoms with Crippen molar-refractivity contribution < 1.29 is 24.1 Å². The third-order valence-corrected chi connectivity index (χ3v) is 6.75. The van der Waals surface area contributed by atoms with E-state index in [2.05, 4.69) is 11.0 Å². The maximum Gasteiger partial charge on any atom is 0.322 e. The molecule has 32 heavy (non-hydrogen) atoms. The smallest absolute Gasteiger partial charge is 0.322 e. The van der Waals surface area contributed by atoms with Gasteiger partial charge in [0.05, 0.1) is 0 Å². The standard InChI is InChI=1S/C25H28N2O5/c1-2-9-25(20-5-3-4-6-21(20)31-24(25)29)15-23(28)27-12-10-26(11-13-27)16-18-7-8-19-17-30-32-22(19)14-18/h3-8,14H,2,9-13,15-17H2,1H3. The lowest BCUT2D eigenvalue weighted by Crippen LogP contribution is -2.50. The van der Waals surface area contributed by atoms with Gasteiger partial charge in [-0.25, -0.2) is 0 Å². The van der Waals surface area contributed by atoms with E-state index in [1.165, 1.54) is 5.56 Å². The number of piperazine rings is 1. The molecule has 3 aliphatic rings. The summed E-state index contributed by atoms with van der Waals surface area (Å²) in [4.78, 5) is 40.6. The lowest BCUT2D eigenvalue weighted by Gasteiger charge is -2.36. The first-order valence-electron chi connectivity index (χ1n) is 11.3. The van der Waals surface area contributed by atoms with Gasteiger partial charge in [-0.1, -0.05) is 43.7 Å². The Bertz CT molecular complexity index is 1030. The molecular formula is C25H28N2O5. The minimum atomic E-state index is -0.869. The molecule has 0 N–H and O–H groups in total. The van der Waals surface area contributed by atoms with Crippen LogP contribution in [0.2, 0.25) is 0 Å². The molecular weight excluding hydrogens is 408 g/mol. The molecule has 1 fully saturated rings. The third-order valence-electron chi connectivity index (χ3n) is 6.75. The highest BCUT2D eigenvalue weighted by molar-refractivity contribution is 5.95. The number of carbonyl (C=O) groups excluding carboxylic acids is 2. The van der Waals surface area contributed by atoms with Crippen molar-refractivity contribution in [1.82, 2.24) is 9.80 Å². The Kier molecular flexibility index (Phi) is 5.61. The predicted octanol–water partition coefficient (Wildman–Crippen LogP) is 3.20. The molecule has 1 saturated heterocycles. The highest BCUT2D eigenvalue weighted by atomic mass is 17.2. The van der Waals surface area contributed by atoms with Crippen LogP contribution in [0.25, 0.3) is 0 Å². The number of hydrogen-bond acceptors (Lipinski definition) is 6. The van der Waals surface area contributed by atoms with Crippen LogP contribution in [0.15, 0.2) is 42.5 Å². The van der Waals surface area contributed by atoms with E-state index < -0.39 is 5.41 Å². The molecule has 0 spiro atoms. The first kappa shape index (κ1) is 21.0. The van der Waals surface area contributed by atoms with Crippen LogP contribution in [0.3, 0.4) is 0 Å². The molecule has 3 heterocycles. The molecule has 1 amide bonds. The minimum absolute atomic E-state index is 0.0230. The van der Waals surface area contributed by atoms with Gasteiger partial charge in [0, 0.05) is 50.3 Å². The van der Waals surface area contributed by atoms with Crippen LogP contribution in [-0.4, -0.2) is 47.9 Å². The fraction of sp³-hybridized carbons (Fsp3) is 0.440. The van der Waals surface area contributed by atoms with Gasteiger partial charge in [-0.3, -0.25) is 14.5 Å². The van der Waals surface area contributed by atoms with Crippen molar-refractivity contribution in [2.45, 2.75) is 44.8 Å². The van der Waals surface area contributed by atoms with Crippen molar-refractivity contribution in [1.29, 1.82) is 0 Å². The van der Waals surface area contributed by atoms with E-state index in [9.17, 15) is 9.59 Å². The molecule has 168 valence electrons. The second-order valence-corrected chi connectivity index (χ2v) is 8.84. The first-order chi connectivity index (χ1) is 15.6. The second kappa shape index (κ2) is 8.56. The van der Waals surface area contributed by atoms with E-state index in [0.717, 1.165) is 42.9 Å². The van der Waals surface area contributed by atoms with Crippen LogP contribution in [0, 0.1) is 0 Å². The van der Waals surface area contributed by atoms with Crippen molar-refractivity contribution in [2.24, 2.45) is 0 Å². The molecule has 1 unspecified atom stereocenters. The molecule has 0 aliphatic carbocycles. The maximum absolute atomic E-state index is 13.3. The molecule has 2 aromatic rings. The summed E-state index contributed by atoms with van der Waals surface area (Å²) in [5.41, 5.74) is 2.21. The quantitative estimate of drug-likeness (QED) is 0.394. The summed E-state index contributed by atoms with van der Waals surface area (Å²) in [6.07, 6.45) is 1.58. The number of ether oxygens (including phenoxy) is 1. The van der Waals surface area contributed by atoms with Gasteiger partial charge >= 0.3 is 5.97 Å². The topological polar surface area (TPSA) is 68.3 Å². The summed E-state index contributed by atoms with van der Waals surface area (Å²) in [7, 11) is 0. The number of amides is 1. The third kappa shape index (κ3) is 3.76. The lowest BCUT2D eigenvalue weighted by molar-refractivity contribution is -0.194. The molecule has 0 saturated carbocycles. The van der Waals surface area contributed by atoms with Crippen LogP contribution in [0.1, 0.15) is 42.9 Å². The van der Waals surface area contributed by atoms with Crippen LogP contribution in [0.4, 0.5) is 0 Å². The summed E-state index contributed by atoms with van der Waals surface area (Å²) in [6, 6.07) is 13.7. The SMILES string of the molecule is CCCC1(CC(=O)N2CCN(Cc3ccc4c(c3)OOC4)CC2)C(=O)Oc2ccccc21. The molecule has 2 aromatic carbocycles. The number of hydrogen-bond donors (Lipinski definition) is 0. The summed E-state index contributed by atoms with van der Waals surface area (Å²) in [6.45, 7) is 6.23. The van der Waals surface area contributed by atoms with Gasteiger partial charge in [-0.2, -0.15) is 4.89 Å². The Morgan fingerprint density at radius 3 is 2.69 bits per heavy atom. The van der Waals surface area contributed by atoms with E-state index in [1.807, 2.05) is 48.2 Å². The molecule has 0 radical (unpaired) electrons. The van der Waals surface area contributed by atoms with Crippen molar-refractivity contribution in [3.8, 4) is 11.5 Å². The number of carbonyl (C=O) groups is 2. The van der Waals surface area contributed by atoms with Crippen LogP contribution in [0.5, 0.6) is 11.5 Å². The average molecular weight is 437 g/mol. The monoisotopic (exact) mass is 436 g/mol. The number of nitrogens with zero attached hydrogens (tertiary/aromatic N) is 2. The highest BCUT2D eigenvalue weighted by Crippen LogP contribution is 2.45. The number of benzene rings is 2. The van der Waals surface area contributed by atoms with E-state index in [0.29, 0.717) is 31.9 Å². The van der Waals surface area contributed by atoms with Crippen molar-refractivity contribution >= 4 is 11.9 Å². The van der Waals surface area contributed by atoms with E-state index in [4.69, 9.17) is 14.5 Å². The highest BCUT2D eigenvalue weighted by Gasteiger charge is 2.50. The zero-order valence-electron chi connectivity index (χ0n) is 18.3. The molecule has 5 rings (SSSR count). The fourth-order valence-electron chi connectivity index (χ4n) is 5.01. The lowest BCUT2D eigenvalue weighted by atomic mass is 9.75. The average Bonchev–Trinajstić information content (AvgIpc) is 3.37. The fourth-order valence-corrected chi connectivity index (χ4v) is 5.01. The second-order valence-electron chi connectivity index (χ2n) is 8.84. The zero-order chi connectivity index (χ0) is 22.1. The van der Waals surface area contributed by atoms with Gasteiger partial charge in [-0.15, -0.1) is 0 Å². The normalized spacial score (nSPS) is 22.3. The summed E-state index contributed by atoms with van der Waals surface area (Å²) in [5.74, 6) is 1.11. The van der Waals surface area contributed by atoms with Gasteiger partial charge in [0.2, 0.25) is 5.91 Å². The minimum Gasteiger partial charge on any atom is -0.426 e. The number of para-hydroxylation sites is 1. The van der Waals surface area contributed by atoms with E-state index in [-0.39, 0.29) is 18.3 Å². The molecule has 3 aliphatic heterocycles. The van der Waals surface area contributed by atoms with E-state index >= 15 is 0 Å². The van der Waals surface area contributed by atoms with Gasteiger partial charge in [0.25, 0.3) is 0 Å². The Morgan fingerprint density at radius 1 is 1.06 bits per heavy atom. The summed E-state index contributed by atoms with van der Waals surface area (Å²) >= 11 is 0. The predicted molar refractivity (Wildman–Crippen MR) is 117 cm³/mol. The number of rotatable bonds is 6. The molecule has 7 nitrogen and oxygen atoms in total.